The second kappa shape index (κ2) is 8.41. The number of halogens is 2. The summed E-state index contributed by atoms with van der Waals surface area (Å²) < 4.78 is 29.2. The summed E-state index contributed by atoms with van der Waals surface area (Å²) in [7, 11) is 1.52. The molecule has 1 amide bonds. The lowest BCUT2D eigenvalue weighted by molar-refractivity contribution is -0.135. The molecule has 16 heavy (non-hydrogen) atoms. The van der Waals surface area contributed by atoms with Crippen LogP contribution in [0.25, 0.3) is 0 Å². The smallest absolute Gasteiger partial charge is 0.255 e. The van der Waals surface area contributed by atoms with Gasteiger partial charge in [0.05, 0.1) is 13.2 Å². The number of nitrogens with zero attached hydrogens (tertiary/aromatic N) is 1. The van der Waals surface area contributed by atoms with E-state index >= 15 is 0 Å². The van der Waals surface area contributed by atoms with Gasteiger partial charge in [0.25, 0.3) is 6.43 Å². The van der Waals surface area contributed by atoms with Crippen molar-refractivity contribution >= 4 is 5.91 Å². The van der Waals surface area contributed by atoms with Crippen molar-refractivity contribution in [3.05, 3.63) is 0 Å². The summed E-state index contributed by atoms with van der Waals surface area (Å²) in [4.78, 5) is 12.6. The Morgan fingerprint density at radius 3 is 2.56 bits per heavy atom. The first kappa shape index (κ1) is 15.2. The van der Waals surface area contributed by atoms with E-state index in [2.05, 4.69) is 0 Å². The predicted octanol–water partition coefficient (Wildman–Crippen LogP) is 0.745. The van der Waals surface area contributed by atoms with Crippen LogP contribution in [0.2, 0.25) is 0 Å². The molecule has 1 atom stereocenters. The van der Waals surface area contributed by atoms with Crippen LogP contribution in [-0.2, 0) is 9.53 Å². The Labute approximate surface area is 94.2 Å². The molecule has 1 N–H and O–H groups in total. The van der Waals surface area contributed by atoms with Crippen molar-refractivity contribution in [1.29, 1.82) is 0 Å². The summed E-state index contributed by atoms with van der Waals surface area (Å²) in [5.41, 5.74) is 0. The van der Waals surface area contributed by atoms with Gasteiger partial charge in [0.15, 0.2) is 0 Å². The zero-order valence-corrected chi connectivity index (χ0v) is 9.66. The molecule has 4 nitrogen and oxygen atoms in total. The second-order valence-electron chi connectivity index (χ2n) is 3.72. The maximum Gasteiger partial charge on any atom is 0.255 e. The zero-order chi connectivity index (χ0) is 12.6. The molecule has 0 aromatic carbocycles. The van der Waals surface area contributed by atoms with Crippen molar-refractivity contribution in [3.63, 3.8) is 0 Å². The third kappa shape index (κ3) is 6.68. The van der Waals surface area contributed by atoms with Crippen molar-refractivity contribution in [1.82, 2.24) is 4.90 Å². The quantitative estimate of drug-likeness (QED) is 0.680. The van der Waals surface area contributed by atoms with E-state index in [9.17, 15) is 13.6 Å². The highest BCUT2D eigenvalue weighted by Crippen LogP contribution is 2.07. The number of hydrogen-bond acceptors (Lipinski definition) is 3. The third-order valence-corrected chi connectivity index (χ3v) is 2.06. The number of amides is 1. The molecule has 0 aliphatic carbocycles. The Hall–Kier alpha value is -0.750. The largest absolute Gasteiger partial charge is 0.395 e. The molecule has 0 aliphatic heterocycles. The number of aliphatic hydroxyl groups excluding tert-OH is 1. The fourth-order valence-electron chi connectivity index (χ4n) is 1.38. The van der Waals surface area contributed by atoms with Crippen LogP contribution < -0.4 is 0 Å². The summed E-state index contributed by atoms with van der Waals surface area (Å²) in [5.74, 6) is -0.393. The van der Waals surface area contributed by atoms with Crippen molar-refractivity contribution in [2.45, 2.75) is 19.8 Å². The van der Waals surface area contributed by atoms with Crippen LogP contribution in [0.15, 0.2) is 0 Å². The minimum absolute atomic E-state index is 0.0173. The summed E-state index contributed by atoms with van der Waals surface area (Å²) in [6.45, 7) is 1.23. The molecule has 0 fully saturated rings. The molecule has 0 aliphatic rings. The van der Waals surface area contributed by atoms with Crippen molar-refractivity contribution in [2.75, 3.05) is 33.4 Å². The molecule has 0 aromatic heterocycles. The van der Waals surface area contributed by atoms with E-state index in [1.807, 2.05) is 0 Å². The number of carbonyl (C=O) groups excluding carboxylic acids is 1. The molecule has 0 heterocycles. The Morgan fingerprint density at radius 1 is 1.50 bits per heavy atom. The number of rotatable bonds is 8. The van der Waals surface area contributed by atoms with E-state index < -0.39 is 13.0 Å². The van der Waals surface area contributed by atoms with E-state index in [1.54, 1.807) is 6.92 Å². The summed E-state index contributed by atoms with van der Waals surface area (Å²) in [5, 5.41) is 8.67. The standard InChI is InChI=1S/C10H19F2NO3/c1-8(7-16-2)5-10(15)13(3-4-14)6-9(11)12/h8-9,14H,3-7H2,1-2H3. The lowest BCUT2D eigenvalue weighted by Crippen LogP contribution is -2.38. The highest BCUT2D eigenvalue weighted by Gasteiger charge is 2.19. The van der Waals surface area contributed by atoms with Crippen LogP contribution in [0, 0.1) is 5.92 Å². The summed E-state index contributed by atoms with van der Waals surface area (Å²) in [6, 6.07) is 0. The second-order valence-corrected chi connectivity index (χ2v) is 3.72. The minimum atomic E-state index is -2.58. The normalized spacial score (nSPS) is 12.9. The lowest BCUT2D eigenvalue weighted by atomic mass is 10.1. The monoisotopic (exact) mass is 239 g/mol. The van der Waals surface area contributed by atoms with E-state index in [0.29, 0.717) is 6.61 Å². The Bertz CT molecular complexity index is 203. The number of methoxy groups -OCH3 is 1. The molecule has 1 unspecified atom stereocenters. The number of carbonyl (C=O) groups is 1. The van der Waals surface area contributed by atoms with Gasteiger partial charge in [-0.25, -0.2) is 8.78 Å². The fraction of sp³-hybridized carbons (Fsp3) is 0.900. The highest BCUT2D eigenvalue weighted by molar-refractivity contribution is 5.76. The first-order chi connectivity index (χ1) is 7.51. The molecule has 0 radical (unpaired) electrons. The Kier molecular flexibility index (Phi) is 8.01. The van der Waals surface area contributed by atoms with Gasteiger partial charge in [0.1, 0.15) is 0 Å². The minimum Gasteiger partial charge on any atom is -0.395 e. The maximum atomic E-state index is 12.2. The average molecular weight is 239 g/mol. The molecule has 0 saturated heterocycles. The topological polar surface area (TPSA) is 49.8 Å². The number of aliphatic hydroxyl groups is 1. The molecule has 6 heteroatoms. The van der Waals surface area contributed by atoms with Gasteiger partial charge in [-0.3, -0.25) is 4.79 Å². The van der Waals surface area contributed by atoms with Gasteiger partial charge in [-0.15, -0.1) is 0 Å². The zero-order valence-electron chi connectivity index (χ0n) is 9.66. The number of hydrogen-bond donors (Lipinski definition) is 1. The maximum absolute atomic E-state index is 12.2. The van der Waals surface area contributed by atoms with Crippen LogP contribution in [-0.4, -0.2) is 55.8 Å². The van der Waals surface area contributed by atoms with Crippen molar-refractivity contribution < 1.29 is 23.4 Å². The van der Waals surface area contributed by atoms with Crippen LogP contribution in [0.4, 0.5) is 8.78 Å². The first-order valence-corrected chi connectivity index (χ1v) is 5.17. The van der Waals surface area contributed by atoms with E-state index in [1.165, 1.54) is 7.11 Å². The highest BCUT2D eigenvalue weighted by atomic mass is 19.3. The van der Waals surface area contributed by atoms with Gasteiger partial charge in [-0.1, -0.05) is 6.92 Å². The molecule has 96 valence electrons. The molecule has 0 rings (SSSR count). The first-order valence-electron chi connectivity index (χ1n) is 5.17. The number of alkyl halides is 2. The Morgan fingerprint density at radius 2 is 2.12 bits per heavy atom. The van der Waals surface area contributed by atoms with Gasteiger partial charge in [0, 0.05) is 26.7 Å². The Balaban J connectivity index is 4.15. The summed E-state index contributed by atoms with van der Waals surface area (Å²) in [6.07, 6.45) is -2.42. The third-order valence-electron chi connectivity index (χ3n) is 2.06. The van der Waals surface area contributed by atoms with Crippen molar-refractivity contribution in [2.24, 2.45) is 5.92 Å². The lowest BCUT2D eigenvalue weighted by Gasteiger charge is -2.22. The molecular formula is C10H19F2NO3. The van der Waals surface area contributed by atoms with Gasteiger partial charge in [-0.2, -0.15) is 0 Å². The number of ether oxygens (including phenoxy) is 1. The van der Waals surface area contributed by atoms with Crippen LogP contribution >= 0.6 is 0 Å². The van der Waals surface area contributed by atoms with E-state index in [4.69, 9.17) is 9.84 Å². The SMILES string of the molecule is COCC(C)CC(=O)N(CCO)CC(F)F. The molecule has 0 saturated carbocycles. The molecule has 0 spiro atoms. The van der Waals surface area contributed by atoms with Crippen LogP contribution in [0.5, 0.6) is 0 Å². The molecular weight excluding hydrogens is 220 g/mol. The molecule has 0 bridgehead atoms. The van der Waals surface area contributed by atoms with Gasteiger partial charge < -0.3 is 14.7 Å². The van der Waals surface area contributed by atoms with Gasteiger partial charge >= 0.3 is 0 Å². The summed E-state index contributed by atoms with van der Waals surface area (Å²) >= 11 is 0. The van der Waals surface area contributed by atoms with Crippen LogP contribution in [0.1, 0.15) is 13.3 Å². The average Bonchev–Trinajstić information content (AvgIpc) is 2.16. The van der Waals surface area contributed by atoms with E-state index in [0.717, 1.165) is 4.90 Å². The van der Waals surface area contributed by atoms with Gasteiger partial charge in [0.2, 0.25) is 5.91 Å². The van der Waals surface area contributed by atoms with Crippen molar-refractivity contribution in [3.8, 4) is 0 Å². The fourth-order valence-corrected chi connectivity index (χ4v) is 1.38. The van der Waals surface area contributed by atoms with Gasteiger partial charge in [-0.05, 0) is 5.92 Å². The molecule has 0 aromatic rings. The van der Waals surface area contributed by atoms with Crippen LogP contribution in [0.3, 0.4) is 0 Å². The van der Waals surface area contributed by atoms with E-state index in [-0.39, 0.29) is 31.4 Å². The predicted molar refractivity (Wildman–Crippen MR) is 55.3 cm³/mol.